The molecule has 2 aliphatic carbocycles. The molecular formula is C28H40FN. The highest BCUT2D eigenvalue weighted by Crippen LogP contribution is 2.42. The molecule has 1 aromatic carbocycles. The van der Waals surface area contributed by atoms with Crippen LogP contribution in [-0.4, -0.2) is 0 Å². The number of nitriles is 1. The number of aryl methyl sites for hydroxylation is 2. The summed E-state index contributed by atoms with van der Waals surface area (Å²) in [5.41, 5.74) is 2.97. The van der Waals surface area contributed by atoms with Crippen molar-refractivity contribution in [3.63, 3.8) is 0 Å². The van der Waals surface area contributed by atoms with Gasteiger partial charge < -0.3 is 0 Å². The van der Waals surface area contributed by atoms with Crippen molar-refractivity contribution < 1.29 is 4.39 Å². The lowest BCUT2D eigenvalue weighted by Gasteiger charge is -2.37. The summed E-state index contributed by atoms with van der Waals surface area (Å²) in [6.07, 6.45) is 19.5. The second-order valence-electron chi connectivity index (χ2n) is 9.89. The Bertz CT molecular complexity index is 682. The van der Waals surface area contributed by atoms with Crippen molar-refractivity contribution in [2.24, 2.45) is 23.7 Å². The molecule has 30 heavy (non-hydrogen) atoms. The van der Waals surface area contributed by atoms with Crippen molar-refractivity contribution in [3.8, 4) is 6.07 Å². The fourth-order valence-electron chi connectivity index (χ4n) is 5.90. The van der Waals surface area contributed by atoms with E-state index < -0.39 is 5.83 Å². The van der Waals surface area contributed by atoms with E-state index in [9.17, 15) is 4.39 Å². The number of allylic oxidation sites excluding steroid dienone is 2. The van der Waals surface area contributed by atoms with Gasteiger partial charge in [0.25, 0.3) is 0 Å². The van der Waals surface area contributed by atoms with Crippen molar-refractivity contribution in [1.82, 2.24) is 0 Å². The second kappa shape index (κ2) is 12.3. The van der Waals surface area contributed by atoms with Gasteiger partial charge in [0.2, 0.25) is 0 Å². The Morgan fingerprint density at radius 2 is 1.47 bits per heavy atom. The summed E-state index contributed by atoms with van der Waals surface area (Å²) in [6, 6.07) is 10.9. The smallest absolute Gasteiger partial charge is 0.195 e. The molecule has 2 saturated carbocycles. The minimum atomic E-state index is -0.590. The minimum absolute atomic E-state index is 0.292. The highest BCUT2D eigenvalue weighted by molar-refractivity contribution is 5.22. The quantitative estimate of drug-likeness (QED) is 0.297. The fraction of sp³-hybridized carbons (Fsp3) is 0.679. The van der Waals surface area contributed by atoms with Gasteiger partial charge in [0.15, 0.2) is 5.83 Å². The molecule has 0 saturated heterocycles. The molecule has 2 heteroatoms. The summed E-state index contributed by atoms with van der Waals surface area (Å²) in [6.45, 7) is 2.24. The molecular weight excluding hydrogens is 369 g/mol. The van der Waals surface area contributed by atoms with Crippen LogP contribution in [0.4, 0.5) is 4.39 Å². The molecule has 0 spiro atoms. The van der Waals surface area contributed by atoms with Gasteiger partial charge in [-0.3, -0.25) is 0 Å². The first-order valence-corrected chi connectivity index (χ1v) is 12.5. The van der Waals surface area contributed by atoms with Crippen LogP contribution in [0.2, 0.25) is 0 Å². The van der Waals surface area contributed by atoms with Crippen LogP contribution in [0.1, 0.15) is 95.1 Å². The van der Waals surface area contributed by atoms with E-state index in [1.165, 1.54) is 88.2 Å². The predicted octanol–water partition coefficient (Wildman–Crippen LogP) is 8.34. The van der Waals surface area contributed by atoms with Gasteiger partial charge in [0.05, 0.1) is 0 Å². The van der Waals surface area contributed by atoms with Crippen LogP contribution in [0.3, 0.4) is 0 Å². The lowest BCUT2D eigenvalue weighted by Crippen LogP contribution is -2.25. The molecule has 0 aliphatic heterocycles. The largest absolute Gasteiger partial charge is 0.196 e. The summed E-state index contributed by atoms with van der Waals surface area (Å²) in [4.78, 5) is 0. The van der Waals surface area contributed by atoms with Crippen molar-refractivity contribution in [2.75, 3.05) is 0 Å². The van der Waals surface area contributed by atoms with Gasteiger partial charge in [0.1, 0.15) is 6.07 Å². The van der Waals surface area contributed by atoms with E-state index in [2.05, 4.69) is 31.2 Å². The van der Waals surface area contributed by atoms with Crippen LogP contribution < -0.4 is 0 Å². The first kappa shape index (κ1) is 23.1. The molecule has 0 atom stereocenters. The molecule has 164 valence electrons. The Balaban J connectivity index is 1.28. The van der Waals surface area contributed by atoms with Crippen molar-refractivity contribution in [3.05, 3.63) is 47.3 Å². The lowest BCUT2D eigenvalue weighted by atomic mass is 9.68. The molecule has 1 aromatic rings. The Kier molecular flexibility index (Phi) is 9.44. The number of hydrogen-bond acceptors (Lipinski definition) is 1. The van der Waals surface area contributed by atoms with Gasteiger partial charge in [0, 0.05) is 0 Å². The Morgan fingerprint density at radius 1 is 0.900 bits per heavy atom. The Hall–Kier alpha value is -1.62. The number of benzene rings is 1. The van der Waals surface area contributed by atoms with E-state index in [-0.39, 0.29) is 0 Å². The van der Waals surface area contributed by atoms with E-state index in [0.29, 0.717) is 5.92 Å². The van der Waals surface area contributed by atoms with Crippen LogP contribution in [-0.2, 0) is 12.8 Å². The molecule has 0 radical (unpaired) electrons. The molecule has 0 heterocycles. The summed E-state index contributed by atoms with van der Waals surface area (Å²) in [5, 5.41) is 8.62. The third-order valence-corrected chi connectivity index (χ3v) is 7.75. The van der Waals surface area contributed by atoms with Gasteiger partial charge in [-0.15, -0.1) is 0 Å². The number of rotatable bonds is 9. The molecule has 1 nitrogen and oxygen atoms in total. The fourth-order valence-corrected chi connectivity index (χ4v) is 5.90. The summed E-state index contributed by atoms with van der Waals surface area (Å²) in [7, 11) is 0. The minimum Gasteiger partial charge on any atom is -0.195 e. The number of unbranched alkanes of at least 4 members (excludes halogenated alkanes) is 1. The van der Waals surface area contributed by atoms with Crippen molar-refractivity contribution >= 4 is 0 Å². The van der Waals surface area contributed by atoms with E-state index in [0.717, 1.165) is 30.6 Å². The summed E-state index contributed by atoms with van der Waals surface area (Å²) < 4.78 is 13.2. The Morgan fingerprint density at radius 3 is 2.03 bits per heavy atom. The summed E-state index contributed by atoms with van der Waals surface area (Å²) >= 11 is 0. The van der Waals surface area contributed by atoms with E-state index >= 15 is 0 Å². The lowest BCUT2D eigenvalue weighted by molar-refractivity contribution is 0.151. The zero-order valence-corrected chi connectivity index (χ0v) is 18.9. The van der Waals surface area contributed by atoms with Gasteiger partial charge in [-0.1, -0.05) is 63.3 Å². The maximum absolute atomic E-state index is 13.2. The third-order valence-electron chi connectivity index (χ3n) is 7.75. The first-order valence-electron chi connectivity index (χ1n) is 12.5. The van der Waals surface area contributed by atoms with Crippen LogP contribution in [0.5, 0.6) is 0 Å². The van der Waals surface area contributed by atoms with E-state index in [1.807, 2.05) is 0 Å². The highest BCUT2D eigenvalue weighted by atomic mass is 19.1. The molecule has 0 N–H and O–H groups in total. The highest BCUT2D eigenvalue weighted by Gasteiger charge is 2.30. The van der Waals surface area contributed by atoms with Crippen LogP contribution in [0.25, 0.3) is 0 Å². The van der Waals surface area contributed by atoms with Crippen LogP contribution >= 0.6 is 0 Å². The number of halogens is 1. The molecule has 0 aromatic heterocycles. The average molecular weight is 410 g/mol. The zero-order chi connectivity index (χ0) is 21.2. The molecule has 0 amide bonds. The summed E-state index contributed by atoms with van der Waals surface area (Å²) in [5.74, 6) is 2.38. The number of nitrogens with zero attached hydrogens (tertiary/aromatic N) is 1. The SMILES string of the molecule is CCCc1ccc(CCCC[C@H]2CC[C@H]([C@H]3CC[C@H](C=C(F)C#N)CC3)CC2)cc1. The van der Waals surface area contributed by atoms with Crippen molar-refractivity contribution in [2.45, 2.75) is 96.8 Å². The van der Waals surface area contributed by atoms with Gasteiger partial charge in [-0.25, -0.2) is 0 Å². The number of hydrogen-bond donors (Lipinski definition) is 0. The second-order valence-corrected chi connectivity index (χ2v) is 9.89. The Labute approximate surface area is 183 Å². The molecule has 0 bridgehead atoms. The first-order chi connectivity index (χ1) is 14.7. The standard InChI is InChI=1S/C28H40FN/c1-2-5-22-8-10-23(11-9-22)6-3-4-7-24-12-16-26(17-13-24)27-18-14-25(15-19-27)20-28(29)21-30/h8-11,20,24-27H,2-7,12-19H2,1H3/t24-,25-,26-,27-. The van der Waals surface area contributed by atoms with Crippen LogP contribution in [0, 0.1) is 35.0 Å². The van der Waals surface area contributed by atoms with Crippen molar-refractivity contribution in [1.29, 1.82) is 5.26 Å². The molecule has 3 rings (SSSR count). The maximum atomic E-state index is 13.2. The third kappa shape index (κ3) is 7.26. The molecule has 2 fully saturated rings. The van der Waals surface area contributed by atoms with E-state index in [1.54, 1.807) is 12.1 Å². The van der Waals surface area contributed by atoms with Crippen LogP contribution in [0.15, 0.2) is 36.2 Å². The topological polar surface area (TPSA) is 23.8 Å². The zero-order valence-electron chi connectivity index (χ0n) is 18.9. The van der Waals surface area contributed by atoms with Gasteiger partial charge >= 0.3 is 0 Å². The maximum Gasteiger partial charge on any atom is 0.196 e. The molecule has 0 unspecified atom stereocenters. The average Bonchev–Trinajstić information content (AvgIpc) is 2.79. The molecule has 2 aliphatic rings. The monoisotopic (exact) mass is 409 g/mol. The van der Waals surface area contributed by atoms with Gasteiger partial charge in [-0.2, -0.15) is 9.65 Å². The van der Waals surface area contributed by atoms with Gasteiger partial charge in [-0.05, 0) is 98.7 Å². The normalized spacial score (nSPS) is 27.6. The predicted molar refractivity (Wildman–Crippen MR) is 124 cm³/mol. The van der Waals surface area contributed by atoms with E-state index in [4.69, 9.17) is 5.26 Å².